The Morgan fingerprint density at radius 1 is 1.35 bits per heavy atom. The average molecular weight is 275 g/mol. The van der Waals surface area contributed by atoms with E-state index in [4.69, 9.17) is 5.73 Å². The molecule has 2 fully saturated rings. The van der Waals surface area contributed by atoms with Gasteiger partial charge >= 0.3 is 0 Å². The van der Waals surface area contributed by atoms with E-state index in [-0.39, 0.29) is 17.7 Å². The maximum absolute atomic E-state index is 12.2. The first-order valence-corrected chi connectivity index (χ1v) is 7.27. The molecule has 108 valence electrons. The lowest BCUT2D eigenvalue weighted by atomic mass is 9.97. The molecule has 1 aromatic carbocycles. The minimum Gasteiger partial charge on any atom is -0.506 e. The third-order valence-electron chi connectivity index (χ3n) is 4.45. The van der Waals surface area contributed by atoms with Crippen molar-refractivity contribution in [2.45, 2.75) is 37.8 Å². The van der Waals surface area contributed by atoms with E-state index >= 15 is 0 Å². The maximum atomic E-state index is 12.2. The van der Waals surface area contributed by atoms with Gasteiger partial charge in [0, 0.05) is 24.2 Å². The number of rotatable bonds is 2. The Morgan fingerprint density at radius 2 is 2.20 bits per heavy atom. The number of nitrogens with zero attached hydrogens (tertiary/aromatic N) is 1. The predicted molar refractivity (Wildman–Crippen MR) is 77.6 cm³/mol. The summed E-state index contributed by atoms with van der Waals surface area (Å²) >= 11 is 0. The molecule has 5 nitrogen and oxygen atoms in total. The fraction of sp³-hybridized carbons (Fsp3) is 0.533. The molecule has 0 spiro atoms. The average Bonchev–Trinajstić information content (AvgIpc) is 2.89. The molecule has 2 aliphatic rings. The highest BCUT2D eigenvalue weighted by molar-refractivity contribution is 5.95. The zero-order valence-electron chi connectivity index (χ0n) is 11.5. The lowest BCUT2D eigenvalue weighted by Gasteiger charge is -2.35. The minimum absolute atomic E-state index is 0.0386. The van der Waals surface area contributed by atoms with Gasteiger partial charge in [0.15, 0.2) is 0 Å². The Morgan fingerprint density at radius 3 is 3.00 bits per heavy atom. The molecule has 1 amide bonds. The SMILES string of the molecule is Nc1ccc(C(=O)NC2CCN3CCCC3C2)cc1O. The van der Waals surface area contributed by atoms with E-state index in [9.17, 15) is 9.90 Å². The molecular weight excluding hydrogens is 254 g/mol. The van der Waals surface area contributed by atoms with Crippen LogP contribution in [0.15, 0.2) is 18.2 Å². The number of amides is 1. The summed E-state index contributed by atoms with van der Waals surface area (Å²) in [5, 5.41) is 12.6. The number of fused-ring (bicyclic) bond motifs is 1. The van der Waals surface area contributed by atoms with E-state index in [1.54, 1.807) is 12.1 Å². The normalized spacial score (nSPS) is 26.2. The largest absolute Gasteiger partial charge is 0.506 e. The summed E-state index contributed by atoms with van der Waals surface area (Å²) in [5.41, 5.74) is 6.30. The van der Waals surface area contributed by atoms with E-state index in [0.29, 0.717) is 17.3 Å². The topological polar surface area (TPSA) is 78.6 Å². The number of piperidine rings is 1. The molecule has 0 aromatic heterocycles. The summed E-state index contributed by atoms with van der Waals surface area (Å²) in [4.78, 5) is 14.7. The summed E-state index contributed by atoms with van der Waals surface area (Å²) in [6.07, 6.45) is 4.56. The molecule has 20 heavy (non-hydrogen) atoms. The summed E-state index contributed by atoms with van der Waals surface area (Å²) in [6, 6.07) is 5.50. The number of nitrogen functional groups attached to an aromatic ring is 1. The van der Waals surface area contributed by atoms with Crippen LogP contribution in [-0.4, -0.2) is 41.1 Å². The zero-order valence-corrected chi connectivity index (χ0v) is 11.5. The lowest BCUT2D eigenvalue weighted by Crippen LogP contribution is -2.47. The van der Waals surface area contributed by atoms with Crippen molar-refractivity contribution >= 4 is 11.6 Å². The first-order chi connectivity index (χ1) is 9.63. The van der Waals surface area contributed by atoms with Crippen molar-refractivity contribution in [2.75, 3.05) is 18.8 Å². The highest BCUT2D eigenvalue weighted by Gasteiger charge is 2.32. The van der Waals surface area contributed by atoms with E-state index in [1.807, 2.05) is 0 Å². The molecule has 0 radical (unpaired) electrons. The zero-order chi connectivity index (χ0) is 14.1. The summed E-state index contributed by atoms with van der Waals surface area (Å²) in [6.45, 7) is 2.28. The monoisotopic (exact) mass is 275 g/mol. The number of aromatic hydroxyl groups is 1. The Kier molecular flexibility index (Phi) is 3.53. The molecule has 2 saturated heterocycles. The second kappa shape index (κ2) is 5.32. The first kappa shape index (κ1) is 13.2. The molecule has 0 saturated carbocycles. The van der Waals surface area contributed by atoms with Crippen LogP contribution in [0.1, 0.15) is 36.0 Å². The highest BCUT2D eigenvalue weighted by Crippen LogP contribution is 2.27. The number of phenolic OH excluding ortho intramolecular Hbond substituents is 1. The number of anilines is 1. The number of carbonyl (C=O) groups is 1. The van der Waals surface area contributed by atoms with Gasteiger partial charge in [0.05, 0.1) is 5.69 Å². The second-order valence-electron chi connectivity index (χ2n) is 5.80. The predicted octanol–water partition coefficient (Wildman–Crippen LogP) is 1.33. The number of hydrogen-bond donors (Lipinski definition) is 3. The number of phenols is 1. The Balaban J connectivity index is 1.62. The smallest absolute Gasteiger partial charge is 0.251 e. The number of nitrogens with two attached hydrogens (primary N) is 1. The second-order valence-corrected chi connectivity index (χ2v) is 5.80. The van der Waals surface area contributed by atoms with Crippen LogP contribution in [0.4, 0.5) is 5.69 Å². The molecule has 0 aliphatic carbocycles. The van der Waals surface area contributed by atoms with Crippen molar-refractivity contribution in [3.63, 3.8) is 0 Å². The van der Waals surface area contributed by atoms with Gasteiger partial charge in [0.1, 0.15) is 5.75 Å². The van der Waals surface area contributed by atoms with E-state index in [0.717, 1.165) is 19.4 Å². The van der Waals surface area contributed by atoms with E-state index in [2.05, 4.69) is 10.2 Å². The van der Waals surface area contributed by atoms with Crippen LogP contribution in [0.2, 0.25) is 0 Å². The third kappa shape index (κ3) is 2.58. The van der Waals surface area contributed by atoms with Crippen molar-refractivity contribution in [1.82, 2.24) is 10.2 Å². The van der Waals surface area contributed by atoms with Crippen molar-refractivity contribution in [1.29, 1.82) is 0 Å². The van der Waals surface area contributed by atoms with Gasteiger partial charge < -0.3 is 21.1 Å². The van der Waals surface area contributed by atoms with Crippen LogP contribution >= 0.6 is 0 Å². The molecule has 2 unspecified atom stereocenters. The number of carbonyl (C=O) groups excluding carboxylic acids is 1. The number of nitrogens with one attached hydrogen (secondary N) is 1. The Bertz CT molecular complexity index is 518. The third-order valence-corrected chi connectivity index (χ3v) is 4.45. The van der Waals surface area contributed by atoms with Gasteiger partial charge in [-0.15, -0.1) is 0 Å². The molecule has 2 heterocycles. The molecule has 2 atom stereocenters. The van der Waals surface area contributed by atoms with E-state index < -0.39 is 0 Å². The Labute approximate surface area is 118 Å². The summed E-state index contributed by atoms with van der Waals surface area (Å²) < 4.78 is 0. The van der Waals surface area contributed by atoms with E-state index in [1.165, 1.54) is 25.5 Å². The maximum Gasteiger partial charge on any atom is 0.251 e. The minimum atomic E-state index is -0.128. The van der Waals surface area contributed by atoms with Crippen molar-refractivity contribution in [3.8, 4) is 5.75 Å². The van der Waals surface area contributed by atoms with Crippen LogP contribution in [-0.2, 0) is 0 Å². The molecule has 2 aliphatic heterocycles. The molecule has 0 bridgehead atoms. The van der Waals surface area contributed by atoms with Crippen molar-refractivity contribution in [2.24, 2.45) is 0 Å². The van der Waals surface area contributed by atoms with Gasteiger partial charge in [0.2, 0.25) is 0 Å². The first-order valence-electron chi connectivity index (χ1n) is 7.27. The number of benzene rings is 1. The van der Waals surface area contributed by atoms with Gasteiger partial charge in [-0.05, 0) is 50.4 Å². The van der Waals surface area contributed by atoms with Gasteiger partial charge in [-0.25, -0.2) is 0 Å². The number of hydrogen-bond acceptors (Lipinski definition) is 4. The van der Waals surface area contributed by atoms with Crippen LogP contribution in [0.3, 0.4) is 0 Å². The molecule has 3 rings (SSSR count). The van der Waals surface area contributed by atoms with Crippen LogP contribution in [0, 0.1) is 0 Å². The summed E-state index contributed by atoms with van der Waals surface area (Å²) in [5.74, 6) is -0.167. The fourth-order valence-electron chi connectivity index (χ4n) is 3.31. The summed E-state index contributed by atoms with van der Waals surface area (Å²) in [7, 11) is 0. The van der Waals surface area contributed by atoms with Crippen LogP contribution in [0.5, 0.6) is 5.75 Å². The van der Waals surface area contributed by atoms with Crippen LogP contribution < -0.4 is 11.1 Å². The molecule has 4 N–H and O–H groups in total. The van der Waals surface area contributed by atoms with Gasteiger partial charge in [0.25, 0.3) is 5.91 Å². The fourth-order valence-corrected chi connectivity index (χ4v) is 3.31. The van der Waals surface area contributed by atoms with Gasteiger partial charge in [-0.3, -0.25) is 4.79 Å². The molecular formula is C15H21N3O2. The van der Waals surface area contributed by atoms with Crippen molar-refractivity contribution in [3.05, 3.63) is 23.8 Å². The molecule has 1 aromatic rings. The molecule has 5 heteroatoms. The standard InChI is InChI=1S/C15H21N3O2/c16-13-4-3-10(8-14(13)19)15(20)17-11-5-7-18-6-1-2-12(18)9-11/h3-4,8,11-12,19H,1-2,5-7,9,16H2,(H,17,20). The van der Waals surface area contributed by atoms with Gasteiger partial charge in [-0.1, -0.05) is 0 Å². The quantitative estimate of drug-likeness (QED) is 0.562. The highest BCUT2D eigenvalue weighted by atomic mass is 16.3. The lowest BCUT2D eigenvalue weighted by molar-refractivity contribution is 0.0896. The van der Waals surface area contributed by atoms with Crippen LogP contribution in [0.25, 0.3) is 0 Å². The van der Waals surface area contributed by atoms with Gasteiger partial charge in [-0.2, -0.15) is 0 Å². The Hall–Kier alpha value is -1.75. The van der Waals surface area contributed by atoms with Crippen molar-refractivity contribution < 1.29 is 9.90 Å².